The van der Waals surface area contributed by atoms with E-state index in [1.165, 1.54) is 26.9 Å². The summed E-state index contributed by atoms with van der Waals surface area (Å²) in [5, 5.41) is 7.12. The molecule has 2 nitrogen and oxygen atoms in total. The first-order chi connectivity index (χ1) is 9.90. The third-order valence-electron chi connectivity index (χ3n) is 3.73. The Morgan fingerprint density at radius 2 is 2.10 bits per heavy atom. The average molecular weight is 281 g/mol. The normalized spacial score (nSPS) is 13.2. The Balaban J connectivity index is 1.55. The van der Waals surface area contributed by atoms with Gasteiger partial charge in [0, 0.05) is 23.4 Å². The smallest absolute Gasteiger partial charge is 0.122 e. The first kappa shape index (κ1) is 11.8. The third kappa shape index (κ3) is 2.04. The van der Waals surface area contributed by atoms with Crippen LogP contribution >= 0.6 is 11.3 Å². The lowest BCUT2D eigenvalue weighted by Crippen LogP contribution is -1.98. The van der Waals surface area contributed by atoms with Gasteiger partial charge < -0.3 is 10.1 Å². The Morgan fingerprint density at radius 3 is 3.10 bits per heavy atom. The van der Waals surface area contributed by atoms with Crippen LogP contribution in [0.25, 0.3) is 10.1 Å². The van der Waals surface area contributed by atoms with Gasteiger partial charge in [-0.2, -0.15) is 0 Å². The van der Waals surface area contributed by atoms with Crippen molar-refractivity contribution < 1.29 is 4.74 Å². The van der Waals surface area contributed by atoms with E-state index >= 15 is 0 Å². The van der Waals surface area contributed by atoms with E-state index in [0.29, 0.717) is 0 Å². The largest absolute Gasteiger partial charge is 0.493 e. The molecule has 0 saturated carbocycles. The first-order valence-electron chi connectivity index (χ1n) is 6.85. The van der Waals surface area contributed by atoms with E-state index < -0.39 is 0 Å². The van der Waals surface area contributed by atoms with Crippen LogP contribution in [0.15, 0.2) is 47.8 Å². The molecule has 1 aromatic heterocycles. The summed E-state index contributed by atoms with van der Waals surface area (Å²) in [6.45, 7) is 1.68. The van der Waals surface area contributed by atoms with Gasteiger partial charge in [0.1, 0.15) is 5.75 Å². The van der Waals surface area contributed by atoms with E-state index in [9.17, 15) is 0 Å². The molecule has 0 spiro atoms. The minimum Gasteiger partial charge on any atom is -0.493 e. The predicted molar refractivity (Wildman–Crippen MR) is 84.8 cm³/mol. The summed E-state index contributed by atoms with van der Waals surface area (Å²) < 4.78 is 6.89. The third-order valence-corrected chi connectivity index (χ3v) is 4.75. The van der Waals surface area contributed by atoms with Crippen LogP contribution in [0.3, 0.4) is 0 Å². The van der Waals surface area contributed by atoms with E-state index in [1.54, 1.807) is 0 Å². The molecule has 0 atom stereocenters. The minimum atomic E-state index is 0.813. The fourth-order valence-electron chi connectivity index (χ4n) is 2.66. The van der Waals surface area contributed by atoms with Crippen LogP contribution in [0.5, 0.6) is 5.75 Å². The van der Waals surface area contributed by atoms with E-state index in [2.05, 4.69) is 53.2 Å². The Morgan fingerprint density at radius 1 is 1.15 bits per heavy atom. The number of anilines is 1. The van der Waals surface area contributed by atoms with Crippen molar-refractivity contribution in [2.24, 2.45) is 0 Å². The van der Waals surface area contributed by atoms with Gasteiger partial charge in [0.15, 0.2) is 0 Å². The first-order valence-corrected chi connectivity index (χ1v) is 7.73. The van der Waals surface area contributed by atoms with Gasteiger partial charge >= 0.3 is 0 Å². The molecule has 100 valence electrons. The highest BCUT2D eigenvalue weighted by atomic mass is 32.1. The molecule has 2 heterocycles. The van der Waals surface area contributed by atoms with Crippen LogP contribution in [0.1, 0.15) is 11.1 Å². The molecule has 2 aromatic carbocycles. The zero-order valence-electron chi connectivity index (χ0n) is 11.1. The minimum absolute atomic E-state index is 0.813. The number of hydrogen-bond acceptors (Lipinski definition) is 3. The Kier molecular flexibility index (Phi) is 2.85. The van der Waals surface area contributed by atoms with Crippen molar-refractivity contribution in [3.8, 4) is 5.75 Å². The molecular weight excluding hydrogens is 266 g/mol. The highest BCUT2D eigenvalue weighted by molar-refractivity contribution is 7.17. The summed E-state index contributed by atoms with van der Waals surface area (Å²) in [4.78, 5) is 0. The molecule has 3 aromatic rings. The van der Waals surface area contributed by atoms with Crippen LogP contribution in [-0.4, -0.2) is 6.61 Å². The molecule has 1 aliphatic heterocycles. The number of rotatable bonds is 3. The second kappa shape index (κ2) is 4.84. The number of hydrogen-bond donors (Lipinski definition) is 1. The number of thiophene rings is 1. The van der Waals surface area contributed by atoms with Crippen LogP contribution in [0.2, 0.25) is 0 Å². The molecule has 20 heavy (non-hydrogen) atoms. The van der Waals surface area contributed by atoms with Crippen molar-refractivity contribution in [3.63, 3.8) is 0 Å². The van der Waals surface area contributed by atoms with Gasteiger partial charge in [-0.3, -0.25) is 0 Å². The van der Waals surface area contributed by atoms with Gasteiger partial charge in [-0.25, -0.2) is 0 Å². The standard InChI is InChI=1S/C17H15NOS/c1-2-4-17-15(3-1)13(11-20-17)10-18-14-5-6-16-12(9-14)7-8-19-16/h1-6,9,11,18H,7-8,10H2. The molecule has 0 fully saturated rings. The van der Waals surface area contributed by atoms with Crippen molar-refractivity contribution in [3.05, 3.63) is 59.0 Å². The fraction of sp³-hybridized carbons (Fsp3) is 0.176. The van der Waals surface area contributed by atoms with Gasteiger partial charge in [-0.1, -0.05) is 18.2 Å². The van der Waals surface area contributed by atoms with Crippen LogP contribution in [-0.2, 0) is 13.0 Å². The van der Waals surface area contributed by atoms with Crippen LogP contribution in [0, 0.1) is 0 Å². The van der Waals surface area contributed by atoms with Crippen molar-refractivity contribution in [2.45, 2.75) is 13.0 Å². The lowest BCUT2D eigenvalue weighted by Gasteiger charge is -2.07. The Labute approximate surface area is 122 Å². The van der Waals surface area contributed by atoms with E-state index in [4.69, 9.17) is 4.74 Å². The summed E-state index contributed by atoms with van der Waals surface area (Å²) in [5.41, 5.74) is 3.84. The zero-order chi connectivity index (χ0) is 13.4. The molecule has 0 radical (unpaired) electrons. The molecule has 0 amide bonds. The molecule has 0 bridgehead atoms. The lowest BCUT2D eigenvalue weighted by atomic mass is 10.1. The average Bonchev–Trinajstić information content (AvgIpc) is 3.11. The van der Waals surface area contributed by atoms with E-state index in [-0.39, 0.29) is 0 Å². The molecule has 0 saturated heterocycles. The Bertz CT molecular complexity index is 763. The molecule has 1 N–H and O–H groups in total. The second-order valence-electron chi connectivity index (χ2n) is 5.03. The molecule has 1 aliphatic rings. The fourth-order valence-corrected chi connectivity index (χ4v) is 3.63. The number of nitrogens with one attached hydrogen (secondary N) is 1. The molecule has 0 unspecified atom stereocenters. The quantitative estimate of drug-likeness (QED) is 0.766. The van der Waals surface area contributed by atoms with Crippen molar-refractivity contribution in [1.82, 2.24) is 0 Å². The van der Waals surface area contributed by atoms with Gasteiger partial charge in [0.2, 0.25) is 0 Å². The highest BCUT2D eigenvalue weighted by Crippen LogP contribution is 2.29. The highest BCUT2D eigenvalue weighted by Gasteiger charge is 2.12. The van der Waals surface area contributed by atoms with Crippen molar-refractivity contribution in [2.75, 3.05) is 11.9 Å². The maximum atomic E-state index is 5.54. The summed E-state index contributed by atoms with van der Waals surface area (Å²) in [6, 6.07) is 14.9. The predicted octanol–water partition coefficient (Wildman–Crippen LogP) is 4.45. The van der Waals surface area contributed by atoms with Crippen molar-refractivity contribution >= 4 is 27.1 Å². The monoisotopic (exact) mass is 281 g/mol. The second-order valence-corrected chi connectivity index (χ2v) is 5.94. The van der Waals surface area contributed by atoms with E-state index in [1.807, 2.05) is 11.3 Å². The molecule has 4 rings (SSSR count). The number of fused-ring (bicyclic) bond motifs is 2. The van der Waals surface area contributed by atoms with Crippen LogP contribution in [0.4, 0.5) is 5.69 Å². The summed E-state index contributed by atoms with van der Waals surface area (Å²) in [7, 11) is 0. The summed E-state index contributed by atoms with van der Waals surface area (Å²) in [5.74, 6) is 1.04. The maximum absolute atomic E-state index is 5.54. The van der Waals surface area contributed by atoms with Crippen LogP contribution < -0.4 is 10.1 Å². The zero-order valence-corrected chi connectivity index (χ0v) is 11.9. The lowest BCUT2D eigenvalue weighted by molar-refractivity contribution is 0.357. The Hall–Kier alpha value is -2.00. The molecule has 3 heteroatoms. The van der Waals surface area contributed by atoms with Gasteiger partial charge in [0.25, 0.3) is 0 Å². The topological polar surface area (TPSA) is 21.3 Å². The van der Waals surface area contributed by atoms with Gasteiger partial charge in [-0.15, -0.1) is 11.3 Å². The molecule has 0 aliphatic carbocycles. The summed E-state index contributed by atoms with van der Waals surface area (Å²) in [6.07, 6.45) is 1.02. The summed E-state index contributed by atoms with van der Waals surface area (Å²) >= 11 is 1.81. The SMILES string of the molecule is c1ccc2c(CNc3ccc4c(c3)CCO4)csc2c1. The maximum Gasteiger partial charge on any atom is 0.122 e. The van der Waals surface area contributed by atoms with Crippen molar-refractivity contribution in [1.29, 1.82) is 0 Å². The number of ether oxygens (including phenoxy) is 1. The number of benzene rings is 2. The van der Waals surface area contributed by atoms with Gasteiger partial charge in [-0.05, 0) is 46.2 Å². The van der Waals surface area contributed by atoms with Gasteiger partial charge in [0.05, 0.1) is 6.61 Å². The molecular formula is C17H15NOS. The van der Waals surface area contributed by atoms with E-state index in [0.717, 1.165) is 25.3 Å².